The van der Waals surface area contributed by atoms with Crippen molar-refractivity contribution in [3.05, 3.63) is 64.1 Å². The minimum atomic E-state index is -0.303. The second kappa shape index (κ2) is 6.73. The predicted octanol–water partition coefficient (Wildman–Crippen LogP) is 3.64. The van der Waals surface area contributed by atoms with Gasteiger partial charge in [0.15, 0.2) is 0 Å². The van der Waals surface area contributed by atoms with Crippen molar-refractivity contribution in [2.45, 2.75) is 6.54 Å². The average Bonchev–Trinajstić information content (AvgIpc) is 2.47. The van der Waals surface area contributed by atoms with E-state index in [1.165, 1.54) is 0 Å². The third kappa shape index (κ3) is 4.11. The molecule has 0 atom stereocenters. The quantitative estimate of drug-likeness (QED) is 0.902. The Morgan fingerprint density at radius 1 is 1.20 bits per heavy atom. The molecule has 0 heterocycles. The van der Waals surface area contributed by atoms with Gasteiger partial charge in [-0.1, -0.05) is 34.1 Å². The lowest BCUT2D eigenvalue weighted by Crippen LogP contribution is -2.28. The monoisotopic (exact) mass is 329 g/mol. The van der Waals surface area contributed by atoms with E-state index in [4.69, 9.17) is 5.26 Å². The maximum Gasteiger partial charge on any atom is 0.319 e. The number of amides is 2. The van der Waals surface area contributed by atoms with Crippen molar-refractivity contribution < 1.29 is 4.79 Å². The Bertz CT molecular complexity index is 647. The van der Waals surface area contributed by atoms with Crippen LogP contribution in [0.25, 0.3) is 0 Å². The summed E-state index contributed by atoms with van der Waals surface area (Å²) in [6.07, 6.45) is 0. The number of benzene rings is 2. The number of nitriles is 1. The molecule has 2 aromatic carbocycles. The number of carbonyl (C=O) groups excluding carboxylic acids is 1. The van der Waals surface area contributed by atoms with E-state index in [0.29, 0.717) is 17.8 Å². The van der Waals surface area contributed by atoms with Crippen LogP contribution in [0.4, 0.5) is 10.5 Å². The zero-order valence-corrected chi connectivity index (χ0v) is 12.1. The van der Waals surface area contributed by atoms with Gasteiger partial charge < -0.3 is 10.6 Å². The number of anilines is 1. The van der Waals surface area contributed by atoms with Crippen LogP contribution in [-0.4, -0.2) is 6.03 Å². The van der Waals surface area contributed by atoms with E-state index in [1.807, 2.05) is 30.3 Å². The highest BCUT2D eigenvalue weighted by atomic mass is 79.9. The highest BCUT2D eigenvalue weighted by molar-refractivity contribution is 9.10. The van der Waals surface area contributed by atoms with Crippen LogP contribution < -0.4 is 10.6 Å². The van der Waals surface area contributed by atoms with Crippen LogP contribution in [-0.2, 0) is 6.54 Å². The average molecular weight is 330 g/mol. The number of hydrogen-bond donors (Lipinski definition) is 2. The summed E-state index contributed by atoms with van der Waals surface area (Å²) in [6, 6.07) is 16.2. The molecule has 100 valence electrons. The van der Waals surface area contributed by atoms with E-state index in [2.05, 4.69) is 26.6 Å². The number of halogens is 1. The molecule has 0 spiro atoms. The van der Waals surface area contributed by atoms with Gasteiger partial charge in [-0.15, -0.1) is 0 Å². The minimum absolute atomic E-state index is 0.303. The first-order valence-corrected chi connectivity index (χ1v) is 6.76. The van der Waals surface area contributed by atoms with Crippen molar-refractivity contribution in [2.75, 3.05) is 5.32 Å². The Balaban J connectivity index is 1.89. The number of urea groups is 1. The number of hydrogen-bond acceptors (Lipinski definition) is 2. The molecule has 0 saturated heterocycles. The van der Waals surface area contributed by atoms with Crippen molar-refractivity contribution >= 4 is 27.6 Å². The molecule has 0 aliphatic carbocycles. The van der Waals surface area contributed by atoms with E-state index in [0.717, 1.165) is 10.0 Å². The number of carbonyl (C=O) groups is 1. The van der Waals surface area contributed by atoms with Crippen LogP contribution in [0, 0.1) is 11.3 Å². The second-order valence-electron chi connectivity index (χ2n) is 4.13. The highest BCUT2D eigenvalue weighted by Gasteiger charge is 2.02. The molecular weight excluding hydrogens is 318 g/mol. The normalized spacial score (nSPS) is 9.60. The first kappa shape index (κ1) is 14.1. The Kier molecular flexibility index (Phi) is 4.75. The van der Waals surface area contributed by atoms with E-state index in [1.54, 1.807) is 24.3 Å². The summed E-state index contributed by atoms with van der Waals surface area (Å²) >= 11 is 3.36. The maximum atomic E-state index is 11.7. The molecule has 0 fully saturated rings. The van der Waals surface area contributed by atoms with E-state index >= 15 is 0 Å². The zero-order valence-electron chi connectivity index (χ0n) is 10.6. The van der Waals surface area contributed by atoms with Crippen LogP contribution >= 0.6 is 15.9 Å². The van der Waals surface area contributed by atoms with Crippen LogP contribution in [0.2, 0.25) is 0 Å². The standard InChI is InChI=1S/C15H12BrN3O/c16-13-6-4-11(5-7-13)10-18-15(20)19-14-3-1-2-12(8-14)9-17/h1-8H,10H2,(H2,18,19,20). The van der Waals surface area contributed by atoms with Gasteiger partial charge in [-0.05, 0) is 35.9 Å². The highest BCUT2D eigenvalue weighted by Crippen LogP contribution is 2.11. The van der Waals surface area contributed by atoms with Gasteiger partial charge in [-0.25, -0.2) is 4.79 Å². The number of nitrogens with one attached hydrogen (secondary N) is 2. The molecule has 2 rings (SSSR count). The lowest BCUT2D eigenvalue weighted by Gasteiger charge is -2.08. The van der Waals surface area contributed by atoms with Crippen molar-refractivity contribution in [3.8, 4) is 6.07 Å². The molecule has 0 aromatic heterocycles. The molecule has 0 radical (unpaired) electrons. The van der Waals surface area contributed by atoms with Crippen LogP contribution in [0.15, 0.2) is 53.0 Å². The largest absolute Gasteiger partial charge is 0.334 e. The second-order valence-corrected chi connectivity index (χ2v) is 5.04. The molecule has 0 saturated carbocycles. The first-order chi connectivity index (χ1) is 9.67. The van der Waals surface area contributed by atoms with Crippen LogP contribution in [0.3, 0.4) is 0 Å². The Hall–Kier alpha value is -2.32. The molecule has 0 bridgehead atoms. The number of nitrogens with zero attached hydrogens (tertiary/aromatic N) is 1. The number of rotatable bonds is 3. The van der Waals surface area contributed by atoms with Crippen LogP contribution in [0.5, 0.6) is 0 Å². The fraction of sp³-hybridized carbons (Fsp3) is 0.0667. The lowest BCUT2D eigenvalue weighted by atomic mass is 10.2. The van der Waals surface area contributed by atoms with Crippen molar-refractivity contribution in [1.29, 1.82) is 5.26 Å². The first-order valence-electron chi connectivity index (χ1n) is 5.97. The molecule has 2 amide bonds. The summed E-state index contributed by atoms with van der Waals surface area (Å²) in [6.45, 7) is 0.442. The summed E-state index contributed by atoms with van der Waals surface area (Å²) in [4.78, 5) is 11.7. The van der Waals surface area contributed by atoms with Gasteiger partial charge in [0.05, 0.1) is 11.6 Å². The summed E-state index contributed by atoms with van der Waals surface area (Å²) in [5.41, 5.74) is 2.11. The molecule has 4 nitrogen and oxygen atoms in total. The third-order valence-corrected chi connectivity index (χ3v) is 3.14. The third-order valence-electron chi connectivity index (χ3n) is 2.62. The Labute approximate surface area is 125 Å². The van der Waals surface area contributed by atoms with E-state index in [-0.39, 0.29) is 6.03 Å². The van der Waals surface area contributed by atoms with Crippen LogP contribution in [0.1, 0.15) is 11.1 Å². The minimum Gasteiger partial charge on any atom is -0.334 e. The molecule has 0 aliphatic rings. The van der Waals surface area contributed by atoms with Crippen molar-refractivity contribution in [1.82, 2.24) is 5.32 Å². The molecule has 5 heteroatoms. The molecule has 2 aromatic rings. The lowest BCUT2D eigenvalue weighted by molar-refractivity contribution is 0.251. The topological polar surface area (TPSA) is 64.9 Å². The van der Waals surface area contributed by atoms with E-state index in [9.17, 15) is 4.79 Å². The fourth-order valence-electron chi connectivity index (χ4n) is 1.63. The van der Waals surface area contributed by atoms with Gasteiger partial charge >= 0.3 is 6.03 Å². The summed E-state index contributed by atoms with van der Waals surface area (Å²) < 4.78 is 0.999. The van der Waals surface area contributed by atoms with Gasteiger partial charge in [0.1, 0.15) is 0 Å². The summed E-state index contributed by atoms with van der Waals surface area (Å²) in [5, 5.41) is 14.2. The molecule has 2 N–H and O–H groups in total. The smallest absolute Gasteiger partial charge is 0.319 e. The molecule has 0 aliphatic heterocycles. The van der Waals surface area contributed by atoms with Gasteiger partial charge in [0.2, 0.25) is 0 Å². The van der Waals surface area contributed by atoms with Crippen molar-refractivity contribution in [2.24, 2.45) is 0 Å². The maximum absolute atomic E-state index is 11.7. The van der Waals surface area contributed by atoms with Gasteiger partial charge in [-0.2, -0.15) is 5.26 Å². The van der Waals surface area contributed by atoms with Gasteiger partial charge in [0.25, 0.3) is 0 Å². The predicted molar refractivity (Wildman–Crippen MR) is 81.2 cm³/mol. The fourth-order valence-corrected chi connectivity index (χ4v) is 1.89. The molecule has 20 heavy (non-hydrogen) atoms. The van der Waals surface area contributed by atoms with Gasteiger partial charge in [0, 0.05) is 16.7 Å². The summed E-state index contributed by atoms with van der Waals surface area (Å²) in [7, 11) is 0. The molecular formula is C15H12BrN3O. The Morgan fingerprint density at radius 3 is 2.65 bits per heavy atom. The SMILES string of the molecule is N#Cc1cccc(NC(=O)NCc2ccc(Br)cc2)c1. The molecule has 0 unspecified atom stereocenters. The van der Waals surface area contributed by atoms with Gasteiger partial charge in [-0.3, -0.25) is 0 Å². The zero-order chi connectivity index (χ0) is 14.4. The Morgan fingerprint density at radius 2 is 1.95 bits per heavy atom. The van der Waals surface area contributed by atoms with Crippen molar-refractivity contribution in [3.63, 3.8) is 0 Å². The van der Waals surface area contributed by atoms with E-state index < -0.39 is 0 Å². The summed E-state index contributed by atoms with van der Waals surface area (Å²) in [5.74, 6) is 0.